The molecule has 1 heterocycles. The zero-order valence-electron chi connectivity index (χ0n) is 9.94. The minimum absolute atomic E-state index is 0.362. The molecule has 1 atom stereocenters. The van der Waals surface area contributed by atoms with Gasteiger partial charge in [-0.3, -0.25) is 0 Å². The lowest BCUT2D eigenvalue weighted by atomic mass is 10.1. The fourth-order valence-electron chi connectivity index (χ4n) is 1.56. The highest BCUT2D eigenvalue weighted by Gasteiger charge is 2.35. The third-order valence-electron chi connectivity index (χ3n) is 2.53. The lowest BCUT2D eigenvalue weighted by Crippen LogP contribution is -2.10. The largest absolute Gasteiger partial charge is 0.497 e. The molecule has 19 heavy (non-hydrogen) atoms. The number of hydrogen-bond donors (Lipinski definition) is 1. The number of hydrogen-bond acceptors (Lipinski definition) is 4. The maximum absolute atomic E-state index is 12.5. The number of benzene rings is 1. The average Bonchev–Trinajstić information content (AvgIpc) is 2.87. The topological polar surface area (TPSA) is 48.1 Å². The Morgan fingerprint density at radius 2 is 2.11 bits per heavy atom. The molecular weight excluding hydrogens is 277 g/mol. The molecule has 3 nitrogen and oxygen atoms in total. The highest BCUT2D eigenvalue weighted by atomic mass is 32.1. The predicted molar refractivity (Wildman–Crippen MR) is 66.1 cm³/mol. The van der Waals surface area contributed by atoms with Crippen molar-refractivity contribution in [3.63, 3.8) is 0 Å². The Morgan fingerprint density at radius 1 is 1.37 bits per heavy atom. The molecule has 0 radical (unpaired) electrons. The quantitative estimate of drug-likeness (QED) is 0.943. The standard InChI is InChI=1S/C12H11F3N2OS/c1-18-8-4-2-3-7(5-8)10(16)9-6-17-11(19-9)12(13,14)15/h2-6,10H,16H2,1H3. The number of methoxy groups -OCH3 is 1. The molecule has 0 aliphatic carbocycles. The molecule has 0 amide bonds. The molecule has 0 aliphatic heterocycles. The Hall–Kier alpha value is -1.60. The number of alkyl halides is 3. The number of nitrogens with two attached hydrogens (primary N) is 1. The van der Waals surface area contributed by atoms with E-state index in [4.69, 9.17) is 10.5 Å². The first-order valence-corrected chi connectivity index (χ1v) is 6.16. The molecule has 0 fully saturated rings. The third-order valence-corrected chi connectivity index (χ3v) is 3.65. The summed E-state index contributed by atoms with van der Waals surface area (Å²) >= 11 is 0.554. The van der Waals surface area contributed by atoms with E-state index in [-0.39, 0.29) is 0 Å². The van der Waals surface area contributed by atoms with E-state index in [9.17, 15) is 13.2 Å². The van der Waals surface area contributed by atoms with E-state index in [1.165, 1.54) is 7.11 Å². The van der Waals surface area contributed by atoms with Gasteiger partial charge in [0, 0.05) is 11.1 Å². The minimum Gasteiger partial charge on any atom is -0.497 e. The summed E-state index contributed by atoms with van der Waals surface area (Å²) in [6.07, 6.45) is -3.27. The van der Waals surface area contributed by atoms with Gasteiger partial charge < -0.3 is 10.5 Å². The summed E-state index contributed by atoms with van der Waals surface area (Å²) in [6.45, 7) is 0. The van der Waals surface area contributed by atoms with Crippen LogP contribution in [0.2, 0.25) is 0 Å². The molecule has 1 unspecified atom stereocenters. The van der Waals surface area contributed by atoms with Crippen LogP contribution in [0.4, 0.5) is 13.2 Å². The van der Waals surface area contributed by atoms with Gasteiger partial charge in [0.25, 0.3) is 0 Å². The van der Waals surface area contributed by atoms with Crippen molar-refractivity contribution < 1.29 is 17.9 Å². The normalized spacial score (nSPS) is 13.3. The van der Waals surface area contributed by atoms with Crippen LogP contribution in [0, 0.1) is 0 Å². The van der Waals surface area contributed by atoms with E-state index in [0.717, 1.165) is 6.20 Å². The Bertz CT molecular complexity index is 568. The third kappa shape index (κ3) is 3.05. The molecule has 1 aromatic heterocycles. The first-order valence-electron chi connectivity index (χ1n) is 5.34. The molecule has 7 heteroatoms. The van der Waals surface area contributed by atoms with Gasteiger partial charge in [-0.25, -0.2) is 4.98 Å². The lowest BCUT2D eigenvalue weighted by molar-refractivity contribution is -0.137. The van der Waals surface area contributed by atoms with Gasteiger partial charge in [0.15, 0.2) is 5.01 Å². The second-order valence-electron chi connectivity index (χ2n) is 3.82. The minimum atomic E-state index is -4.43. The van der Waals surface area contributed by atoms with Gasteiger partial charge in [0.1, 0.15) is 5.75 Å². The van der Waals surface area contributed by atoms with Crippen LogP contribution in [0.25, 0.3) is 0 Å². The zero-order valence-corrected chi connectivity index (χ0v) is 10.8. The van der Waals surface area contributed by atoms with Crippen molar-refractivity contribution in [1.82, 2.24) is 4.98 Å². The average molecular weight is 288 g/mol. The van der Waals surface area contributed by atoms with Crippen LogP contribution in [0.3, 0.4) is 0 Å². The first kappa shape index (κ1) is 13.8. The van der Waals surface area contributed by atoms with Crippen LogP contribution in [0.15, 0.2) is 30.5 Å². The molecular formula is C12H11F3N2OS. The summed E-state index contributed by atoms with van der Waals surface area (Å²) in [5, 5.41) is -0.888. The summed E-state index contributed by atoms with van der Waals surface area (Å²) in [7, 11) is 1.51. The van der Waals surface area contributed by atoms with E-state index in [1.807, 2.05) is 0 Å². The van der Waals surface area contributed by atoms with Crippen LogP contribution in [-0.4, -0.2) is 12.1 Å². The Kier molecular flexibility index (Phi) is 3.77. The van der Waals surface area contributed by atoms with Crippen LogP contribution in [0.1, 0.15) is 21.5 Å². The molecule has 2 aromatic rings. The number of aromatic nitrogens is 1. The summed E-state index contributed by atoms with van der Waals surface area (Å²) in [4.78, 5) is 3.72. The monoisotopic (exact) mass is 288 g/mol. The van der Waals surface area contributed by atoms with Crippen LogP contribution >= 0.6 is 11.3 Å². The molecule has 2 rings (SSSR count). The summed E-state index contributed by atoms with van der Waals surface area (Å²) < 4.78 is 42.5. The summed E-state index contributed by atoms with van der Waals surface area (Å²) in [5.41, 5.74) is 6.62. The second-order valence-corrected chi connectivity index (χ2v) is 4.88. The predicted octanol–water partition coefficient (Wildman–Crippen LogP) is 3.22. The number of thiazole rings is 1. The van der Waals surface area contributed by atoms with Crippen LogP contribution in [-0.2, 0) is 6.18 Å². The van der Waals surface area contributed by atoms with Gasteiger partial charge in [0.2, 0.25) is 0 Å². The van der Waals surface area contributed by atoms with Crippen LogP contribution < -0.4 is 10.5 Å². The van der Waals surface area contributed by atoms with Crippen molar-refractivity contribution in [3.05, 3.63) is 45.9 Å². The van der Waals surface area contributed by atoms with Gasteiger partial charge in [-0.05, 0) is 17.7 Å². The fraction of sp³-hybridized carbons (Fsp3) is 0.250. The molecule has 102 valence electrons. The molecule has 0 saturated heterocycles. The fourth-order valence-corrected chi connectivity index (χ4v) is 2.37. The maximum atomic E-state index is 12.5. The number of halogens is 3. The molecule has 0 spiro atoms. The highest BCUT2D eigenvalue weighted by Crippen LogP contribution is 2.35. The lowest BCUT2D eigenvalue weighted by Gasteiger charge is -2.10. The Morgan fingerprint density at radius 3 is 2.68 bits per heavy atom. The Labute approximate surface area is 111 Å². The SMILES string of the molecule is COc1cccc(C(N)c2cnc(C(F)(F)F)s2)c1. The van der Waals surface area contributed by atoms with Crippen molar-refractivity contribution in [2.75, 3.05) is 7.11 Å². The summed E-state index contributed by atoms with van der Waals surface area (Å²) in [5.74, 6) is 0.605. The summed E-state index contributed by atoms with van der Waals surface area (Å²) in [6, 6.07) is 6.25. The van der Waals surface area contributed by atoms with Gasteiger partial charge in [0.05, 0.1) is 13.2 Å². The molecule has 0 bridgehead atoms. The van der Waals surface area contributed by atoms with Gasteiger partial charge in [-0.2, -0.15) is 13.2 Å². The van der Waals surface area contributed by atoms with Crippen molar-refractivity contribution in [2.24, 2.45) is 5.73 Å². The molecule has 0 saturated carbocycles. The second kappa shape index (κ2) is 5.18. The van der Waals surface area contributed by atoms with Crippen molar-refractivity contribution in [1.29, 1.82) is 0 Å². The van der Waals surface area contributed by atoms with E-state index >= 15 is 0 Å². The van der Waals surface area contributed by atoms with E-state index in [1.54, 1.807) is 24.3 Å². The molecule has 1 aromatic carbocycles. The first-order chi connectivity index (χ1) is 8.91. The molecule has 0 aliphatic rings. The van der Waals surface area contributed by atoms with Crippen molar-refractivity contribution in [3.8, 4) is 5.75 Å². The van der Waals surface area contributed by atoms with Gasteiger partial charge >= 0.3 is 6.18 Å². The van der Waals surface area contributed by atoms with Crippen molar-refractivity contribution >= 4 is 11.3 Å². The number of rotatable bonds is 3. The van der Waals surface area contributed by atoms with Gasteiger partial charge in [-0.15, -0.1) is 11.3 Å². The number of nitrogens with zero attached hydrogens (tertiary/aromatic N) is 1. The van der Waals surface area contributed by atoms with Gasteiger partial charge in [-0.1, -0.05) is 12.1 Å². The van der Waals surface area contributed by atoms with E-state index in [0.29, 0.717) is 27.5 Å². The van der Waals surface area contributed by atoms with E-state index in [2.05, 4.69) is 4.98 Å². The van der Waals surface area contributed by atoms with E-state index < -0.39 is 17.2 Å². The zero-order chi connectivity index (χ0) is 14.0. The number of ether oxygens (including phenoxy) is 1. The maximum Gasteiger partial charge on any atom is 0.443 e. The molecule has 2 N–H and O–H groups in total. The smallest absolute Gasteiger partial charge is 0.443 e. The van der Waals surface area contributed by atoms with Crippen LogP contribution in [0.5, 0.6) is 5.75 Å². The van der Waals surface area contributed by atoms with Crippen molar-refractivity contribution in [2.45, 2.75) is 12.2 Å². The Balaban J connectivity index is 2.28. The highest BCUT2D eigenvalue weighted by molar-refractivity contribution is 7.11.